The average molecular weight is 435 g/mol. The molecule has 1 heterocycles. The maximum atomic E-state index is 15.4. The number of rotatable bonds is 2. The molecule has 0 aromatic rings. The molecular formula is C24H31FO6. The van der Waals surface area contributed by atoms with Crippen LogP contribution in [0.1, 0.15) is 47.0 Å². The Labute approximate surface area is 181 Å². The van der Waals surface area contributed by atoms with Crippen LogP contribution in [0.4, 0.5) is 4.39 Å². The third kappa shape index (κ3) is 2.52. The van der Waals surface area contributed by atoms with E-state index in [1.807, 2.05) is 13.8 Å². The Hall–Kier alpha value is -1.41. The van der Waals surface area contributed by atoms with Crippen molar-refractivity contribution in [2.45, 2.75) is 76.7 Å². The van der Waals surface area contributed by atoms with Crippen LogP contribution in [-0.2, 0) is 19.1 Å². The number of fused-ring (bicyclic) bond motifs is 7. The van der Waals surface area contributed by atoms with Crippen LogP contribution >= 0.6 is 0 Å². The number of ether oxygens (including phenoxy) is 2. The molecule has 1 aliphatic heterocycles. The molecule has 7 heteroatoms. The maximum absolute atomic E-state index is 15.4. The van der Waals surface area contributed by atoms with E-state index < -0.39 is 53.0 Å². The molecule has 0 bridgehead atoms. The van der Waals surface area contributed by atoms with E-state index in [9.17, 15) is 19.8 Å². The summed E-state index contributed by atoms with van der Waals surface area (Å²) in [4.78, 5) is 25.1. The second-order valence-electron chi connectivity index (χ2n) is 11.0. The van der Waals surface area contributed by atoms with Crippen LogP contribution in [0.5, 0.6) is 0 Å². The van der Waals surface area contributed by atoms with E-state index >= 15 is 4.39 Å². The van der Waals surface area contributed by atoms with Gasteiger partial charge in [0.05, 0.1) is 12.2 Å². The molecule has 1 saturated heterocycles. The first-order valence-corrected chi connectivity index (χ1v) is 11.2. The molecule has 0 radical (unpaired) electrons. The molecule has 4 aliphatic carbocycles. The van der Waals surface area contributed by atoms with Crippen LogP contribution in [0.3, 0.4) is 0 Å². The summed E-state index contributed by atoms with van der Waals surface area (Å²) < 4.78 is 27.9. The van der Waals surface area contributed by atoms with Gasteiger partial charge in [-0.05, 0) is 62.7 Å². The Balaban J connectivity index is 1.62. The van der Waals surface area contributed by atoms with Gasteiger partial charge in [-0.1, -0.05) is 19.9 Å². The quantitative estimate of drug-likeness (QED) is 0.693. The van der Waals surface area contributed by atoms with Crippen LogP contribution in [0.15, 0.2) is 23.8 Å². The third-order valence-corrected chi connectivity index (χ3v) is 9.03. The first kappa shape index (κ1) is 21.4. The summed E-state index contributed by atoms with van der Waals surface area (Å²) in [5.41, 5.74) is -2.50. The van der Waals surface area contributed by atoms with Crippen LogP contribution in [0.25, 0.3) is 0 Å². The first-order valence-electron chi connectivity index (χ1n) is 11.2. The van der Waals surface area contributed by atoms with Gasteiger partial charge in [-0.2, -0.15) is 0 Å². The number of aliphatic hydroxyl groups is 2. The second-order valence-corrected chi connectivity index (χ2v) is 11.0. The molecular weight excluding hydrogens is 403 g/mol. The summed E-state index contributed by atoms with van der Waals surface area (Å²) in [6.07, 6.45) is 2.90. The van der Waals surface area contributed by atoms with Gasteiger partial charge >= 0.3 is 0 Å². The van der Waals surface area contributed by atoms with E-state index in [0.29, 0.717) is 12.0 Å². The lowest BCUT2D eigenvalue weighted by molar-refractivity contribution is -0.226. The summed E-state index contributed by atoms with van der Waals surface area (Å²) in [6, 6.07) is 0. The number of carbonyl (C=O) groups excluding carboxylic acids is 2. The van der Waals surface area contributed by atoms with Crippen molar-refractivity contribution in [2.24, 2.45) is 28.6 Å². The van der Waals surface area contributed by atoms with Crippen molar-refractivity contribution in [3.63, 3.8) is 0 Å². The van der Waals surface area contributed by atoms with Crippen molar-refractivity contribution in [3.05, 3.63) is 23.8 Å². The van der Waals surface area contributed by atoms with Crippen LogP contribution in [0.2, 0.25) is 0 Å². The maximum Gasteiger partial charge on any atom is 0.193 e. The number of allylic oxidation sites excluding steroid dienone is 4. The summed E-state index contributed by atoms with van der Waals surface area (Å²) in [7, 11) is 0. The fraction of sp³-hybridized carbons (Fsp3) is 0.750. The number of carbonyl (C=O) groups is 2. The fourth-order valence-corrected chi connectivity index (χ4v) is 8.05. The normalized spacial score (nSPS) is 52.1. The van der Waals surface area contributed by atoms with Crippen molar-refractivity contribution < 1.29 is 33.7 Å². The Kier molecular flexibility index (Phi) is 4.38. The molecule has 0 aromatic carbocycles. The van der Waals surface area contributed by atoms with E-state index in [0.717, 1.165) is 0 Å². The molecule has 0 amide bonds. The number of Topliss-reactive ketones (excluding diaryl/α,β-unsaturated/α-hetero) is 1. The number of halogens is 1. The molecule has 0 aromatic heterocycles. The van der Waals surface area contributed by atoms with Gasteiger partial charge in [0.1, 0.15) is 12.8 Å². The molecule has 4 fully saturated rings. The number of alkyl halides is 1. The standard InChI is InChI=1S/C24H31FO6/c1-21(2)30-19-9-14-13-8-16(25)15-7-12(27)5-6-22(15,3)20(13)17(28)10-23(14,4)24(19,31-21)18(29)11-26/h5-7,13-14,16-17,19-20,26,28H,8-11H2,1-4H3/t13?,14?,16-,17?,19+,20?,22-,23-,24+/m0/s1. The molecule has 2 N–H and O–H groups in total. The minimum Gasteiger partial charge on any atom is -0.393 e. The summed E-state index contributed by atoms with van der Waals surface area (Å²) in [5, 5.41) is 21.3. The summed E-state index contributed by atoms with van der Waals surface area (Å²) in [6.45, 7) is 6.65. The van der Waals surface area contributed by atoms with E-state index in [2.05, 4.69) is 0 Å². The molecule has 4 unspecified atom stereocenters. The van der Waals surface area contributed by atoms with Gasteiger partial charge in [-0.25, -0.2) is 4.39 Å². The van der Waals surface area contributed by atoms with Crippen LogP contribution in [0, 0.1) is 28.6 Å². The molecule has 5 aliphatic rings. The highest BCUT2D eigenvalue weighted by Crippen LogP contribution is 2.70. The highest BCUT2D eigenvalue weighted by atomic mass is 19.1. The van der Waals surface area contributed by atoms with Crippen molar-refractivity contribution in [1.29, 1.82) is 0 Å². The van der Waals surface area contributed by atoms with E-state index in [1.54, 1.807) is 19.9 Å². The lowest BCUT2D eigenvalue weighted by Gasteiger charge is -2.60. The predicted molar refractivity (Wildman–Crippen MR) is 109 cm³/mol. The zero-order chi connectivity index (χ0) is 22.6. The van der Waals surface area contributed by atoms with Gasteiger partial charge in [0.2, 0.25) is 0 Å². The minimum atomic E-state index is -1.37. The molecule has 31 heavy (non-hydrogen) atoms. The van der Waals surface area contributed by atoms with Crippen molar-refractivity contribution in [1.82, 2.24) is 0 Å². The first-order chi connectivity index (χ1) is 14.4. The molecule has 9 atom stereocenters. The lowest BCUT2D eigenvalue weighted by atomic mass is 9.46. The SMILES string of the molecule is CC1(C)O[C@@H]2CC3C4C[C@H](F)C5=CC(=O)C=C[C@]5(C)C4C(O)C[C@]3(C)[C@]2(C(=O)CO)O1. The molecule has 0 spiro atoms. The van der Waals surface area contributed by atoms with E-state index in [4.69, 9.17) is 9.47 Å². The van der Waals surface area contributed by atoms with E-state index in [1.165, 1.54) is 12.2 Å². The summed E-state index contributed by atoms with van der Waals surface area (Å²) >= 11 is 0. The topological polar surface area (TPSA) is 93.1 Å². The molecule has 170 valence electrons. The molecule has 3 saturated carbocycles. The van der Waals surface area contributed by atoms with E-state index in [-0.39, 0.29) is 36.4 Å². The summed E-state index contributed by atoms with van der Waals surface area (Å²) in [5.74, 6) is -2.28. The third-order valence-electron chi connectivity index (χ3n) is 9.03. The van der Waals surface area contributed by atoms with Crippen molar-refractivity contribution >= 4 is 11.6 Å². The molecule has 5 rings (SSSR count). The lowest BCUT2D eigenvalue weighted by Crippen LogP contribution is -2.64. The zero-order valence-electron chi connectivity index (χ0n) is 18.4. The predicted octanol–water partition coefficient (Wildman–Crippen LogP) is 2.27. The zero-order valence-corrected chi connectivity index (χ0v) is 18.4. The van der Waals surface area contributed by atoms with Crippen molar-refractivity contribution in [3.8, 4) is 0 Å². The minimum absolute atomic E-state index is 0.125. The Morgan fingerprint density at radius 1 is 1.26 bits per heavy atom. The number of aliphatic hydroxyl groups excluding tert-OH is 2. The molecule has 6 nitrogen and oxygen atoms in total. The Morgan fingerprint density at radius 2 is 1.97 bits per heavy atom. The fourth-order valence-electron chi connectivity index (χ4n) is 8.05. The average Bonchev–Trinajstić information content (AvgIpc) is 3.08. The highest BCUT2D eigenvalue weighted by molar-refractivity contribution is 6.01. The van der Waals surface area contributed by atoms with Crippen LogP contribution < -0.4 is 0 Å². The van der Waals surface area contributed by atoms with Crippen LogP contribution in [-0.4, -0.2) is 58.2 Å². The number of hydrogen-bond acceptors (Lipinski definition) is 6. The smallest absolute Gasteiger partial charge is 0.193 e. The van der Waals surface area contributed by atoms with Gasteiger partial charge in [0.15, 0.2) is 23.0 Å². The highest BCUT2D eigenvalue weighted by Gasteiger charge is 2.77. The second kappa shape index (κ2) is 6.34. The van der Waals surface area contributed by atoms with Gasteiger partial charge in [-0.3, -0.25) is 9.59 Å². The largest absolute Gasteiger partial charge is 0.393 e. The number of ketones is 2. The monoisotopic (exact) mass is 434 g/mol. The van der Waals surface area contributed by atoms with Gasteiger partial charge < -0.3 is 19.7 Å². The Bertz CT molecular complexity index is 910. The van der Waals surface area contributed by atoms with Gasteiger partial charge in [0.25, 0.3) is 0 Å². The van der Waals surface area contributed by atoms with Crippen molar-refractivity contribution in [2.75, 3.05) is 6.61 Å². The number of hydrogen-bond donors (Lipinski definition) is 2. The van der Waals surface area contributed by atoms with Gasteiger partial charge in [0, 0.05) is 16.7 Å². The van der Waals surface area contributed by atoms with Gasteiger partial charge in [-0.15, -0.1) is 0 Å². The Morgan fingerprint density at radius 3 is 2.65 bits per heavy atom.